The molecule has 1 aromatic heterocycles. The van der Waals surface area contributed by atoms with Crippen LogP contribution in [0.2, 0.25) is 0 Å². The molecule has 0 aliphatic rings. The second kappa shape index (κ2) is 8.27. The van der Waals surface area contributed by atoms with Gasteiger partial charge in [-0.25, -0.2) is 0 Å². The Morgan fingerprint density at radius 2 is 1.59 bits per heavy atom. The molecule has 0 saturated heterocycles. The van der Waals surface area contributed by atoms with Gasteiger partial charge >= 0.3 is 0 Å². The highest BCUT2D eigenvalue weighted by molar-refractivity contribution is 6.05. The molecule has 136 valence electrons. The van der Waals surface area contributed by atoms with E-state index in [0.717, 1.165) is 22.4 Å². The van der Waals surface area contributed by atoms with Gasteiger partial charge < -0.3 is 10.6 Å². The van der Waals surface area contributed by atoms with Crippen molar-refractivity contribution in [2.75, 3.05) is 5.32 Å². The maximum Gasteiger partial charge on any atom is 0.270 e. The molecule has 0 bridgehead atoms. The lowest BCUT2D eigenvalue weighted by Crippen LogP contribution is -2.24. The molecule has 2 amide bonds. The van der Waals surface area contributed by atoms with E-state index in [9.17, 15) is 9.59 Å². The summed E-state index contributed by atoms with van der Waals surface area (Å²) in [5.74, 6) is -0.598. The minimum absolute atomic E-state index is 0.207. The van der Waals surface area contributed by atoms with Crippen LogP contribution in [0.5, 0.6) is 0 Å². The van der Waals surface area contributed by atoms with Gasteiger partial charge in [0.05, 0.1) is 0 Å². The number of carbonyl (C=O) groups excluding carboxylic acids is 2. The summed E-state index contributed by atoms with van der Waals surface area (Å²) in [6.45, 7) is 4.36. The first-order chi connectivity index (χ1) is 13.0. The molecule has 2 aromatic carbocycles. The van der Waals surface area contributed by atoms with Gasteiger partial charge in [-0.3, -0.25) is 14.6 Å². The zero-order chi connectivity index (χ0) is 19.2. The molecule has 3 rings (SSSR count). The van der Waals surface area contributed by atoms with Crippen LogP contribution in [-0.2, 0) is 6.54 Å². The van der Waals surface area contributed by atoms with E-state index in [4.69, 9.17) is 0 Å². The number of aromatic nitrogens is 1. The molecule has 0 aliphatic heterocycles. The normalized spacial score (nSPS) is 10.3. The Balaban J connectivity index is 1.68. The Morgan fingerprint density at radius 3 is 2.30 bits per heavy atom. The summed E-state index contributed by atoms with van der Waals surface area (Å²) in [6, 6.07) is 18.5. The molecule has 0 atom stereocenters. The van der Waals surface area contributed by atoms with Crippen molar-refractivity contribution >= 4 is 17.5 Å². The molecule has 0 aliphatic carbocycles. The monoisotopic (exact) mass is 359 g/mol. The fraction of sp³-hybridized carbons (Fsp3) is 0.136. The van der Waals surface area contributed by atoms with Crippen LogP contribution in [0.15, 0.2) is 66.9 Å². The third kappa shape index (κ3) is 5.01. The average molecular weight is 359 g/mol. The minimum atomic E-state index is -0.320. The van der Waals surface area contributed by atoms with E-state index in [0.29, 0.717) is 12.1 Å². The van der Waals surface area contributed by atoms with E-state index in [1.807, 2.05) is 62.4 Å². The second-order valence-corrected chi connectivity index (χ2v) is 6.43. The number of amides is 2. The van der Waals surface area contributed by atoms with Crippen LogP contribution < -0.4 is 10.6 Å². The highest BCUT2D eigenvalue weighted by Crippen LogP contribution is 2.15. The van der Waals surface area contributed by atoms with Crippen molar-refractivity contribution in [1.29, 1.82) is 0 Å². The lowest BCUT2D eigenvalue weighted by molar-refractivity contribution is 0.0946. The third-order valence-corrected chi connectivity index (χ3v) is 4.03. The summed E-state index contributed by atoms with van der Waals surface area (Å²) in [5, 5.41) is 5.68. The van der Waals surface area contributed by atoms with Crippen molar-refractivity contribution in [3.05, 3.63) is 94.8 Å². The van der Waals surface area contributed by atoms with E-state index in [2.05, 4.69) is 15.6 Å². The van der Waals surface area contributed by atoms with Crippen LogP contribution in [0.3, 0.4) is 0 Å². The van der Waals surface area contributed by atoms with Crippen LogP contribution in [0.1, 0.15) is 37.5 Å². The largest absolute Gasteiger partial charge is 0.347 e. The molecule has 5 heteroatoms. The number of anilines is 1. The van der Waals surface area contributed by atoms with Crippen molar-refractivity contribution in [3.8, 4) is 0 Å². The molecule has 27 heavy (non-hydrogen) atoms. The molecule has 5 nitrogen and oxygen atoms in total. The van der Waals surface area contributed by atoms with Gasteiger partial charge in [-0.2, -0.15) is 0 Å². The third-order valence-electron chi connectivity index (χ3n) is 4.03. The van der Waals surface area contributed by atoms with Crippen molar-refractivity contribution in [2.24, 2.45) is 0 Å². The number of pyridine rings is 1. The molecule has 0 unspecified atom stereocenters. The molecule has 0 spiro atoms. The number of aryl methyl sites for hydroxylation is 2. The van der Waals surface area contributed by atoms with Gasteiger partial charge in [-0.1, -0.05) is 36.4 Å². The van der Waals surface area contributed by atoms with Gasteiger partial charge in [-0.15, -0.1) is 0 Å². The maximum atomic E-state index is 12.5. The number of benzene rings is 2. The number of nitrogens with zero attached hydrogens (tertiary/aromatic N) is 1. The van der Waals surface area contributed by atoms with Gasteiger partial charge in [0.1, 0.15) is 5.69 Å². The SMILES string of the molecule is Cc1cc(C)cc(NC(=O)c2ccnc(C(=O)NCc3ccccc3)c2)c1. The van der Waals surface area contributed by atoms with E-state index in [-0.39, 0.29) is 17.5 Å². The van der Waals surface area contributed by atoms with Crippen LogP contribution >= 0.6 is 0 Å². The van der Waals surface area contributed by atoms with E-state index in [1.54, 1.807) is 6.07 Å². The molecule has 2 N–H and O–H groups in total. The predicted molar refractivity (Wildman–Crippen MR) is 106 cm³/mol. The first-order valence-electron chi connectivity index (χ1n) is 8.69. The van der Waals surface area contributed by atoms with E-state index < -0.39 is 0 Å². The van der Waals surface area contributed by atoms with Crippen molar-refractivity contribution < 1.29 is 9.59 Å². The lowest BCUT2D eigenvalue weighted by atomic mass is 10.1. The van der Waals surface area contributed by atoms with Gasteiger partial charge in [-0.05, 0) is 54.8 Å². The van der Waals surface area contributed by atoms with Crippen LogP contribution in [-0.4, -0.2) is 16.8 Å². The van der Waals surface area contributed by atoms with Gasteiger partial charge in [0.2, 0.25) is 0 Å². The molecular formula is C22H21N3O2. The minimum Gasteiger partial charge on any atom is -0.347 e. The molecule has 0 fully saturated rings. The van der Waals surface area contributed by atoms with Gasteiger partial charge in [0.25, 0.3) is 11.8 Å². The molecule has 0 radical (unpaired) electrons. The van der Waals surface area contributed by atoms with Crippen molar-refractivity contribution in [1.82, 2.24) is 10.3 Å². The lowest BCUT2D eigenvalue weighted by Gasteiger charge is -2.09. The number of nitrogens with one attached hydrogen (secondary N) is 2. The Bertz CT molecular complexity index is 948. The Hall–Kier alpha value is -3.47. The van der Waals surface area contributed by atoms with E-state index >= 15 is 0 Å². The topological polar surface area (TPSA) is 71.1 Å². The summed E-state index contributed by atoms with van der Waals surface area (Å²) in [6.07, 6.45) is 1.47. The zero-order valence-electron chi connectivity index (χ0n) is 15.3. The Kier molecular flexibility index (Phi) is 5.61. The number of rotatable bonds is 5. The second-order valence-electron chi connectivity index (χ2n) is 6.43. The highest BCUT2D eigenvalue weighted by atomic mass is 16.2. The van der Waals surface area contributed by atoms with Gasteiger partial charge in [0, 0.05) is 24.0 Å². The number of hydrogen-bond donors (Lipinski definition) is 2. The summed E-state index contributed by atoms with van der Waals surface area (Å²) in [7, 11) is 0. The molecule has 0 saturated carbocycles. The molecular weight excluding hydrogens is 338 g/mol. The van der Waals surface area contributed by atoms with Crippen LogP contribution in [0.25, 0.3) is 0 Å². The number of hydrogen-bond acceptors (Lipinski definition) is 3. The van der Waals surface area contributed by atoms with Crippen molar-refractivity contribution in [2.45, 2.75) is 20.4 Å². The molecule has 1 heterocycles. The Morgan fingerprint density at radius 1 is 0.889 bits per heavy atom. The highest BCUT2D eigenvalue weighted by Gasteiger charge is 2.12. The summed E-state index contributed by atoms with van der Waals surface area (Å²) in [5.41, 5.74) is 4.45. The fourth-order valence-electron chi connectivity index (χ4n) is 2.81. The summed E-state index contributed by atoms with van der Waals surface area (Å²) < 4.78 is 0. The number of carbonyl (C=O) groups is 2. The maximum absolute atomic E-state index is 12.5. The first-order valence-corrected chi connectivity index (χ1v) is 8.69. The molecule has 3 aromatic rings. The fourth-order valence-corrected chi connectivity index (χ4v) is 2.81. The quantitative estimate of drug-likeness (QED) is 0.726. The van der Waals surface area contributed by atoms with Crippen LogP contribution in [0, 0.1) is 13.8 Å². The average Bonchev–Trinajstić information content (AvgIpc) is 2.66. The first kappa shape index (κ1) is 18.3. The Labute approximate surface area is 158 Å². The smallest absolute Gasteiger partial charge is 0.270 e. The zero-order valence-corrected chi connectivity index (χ0v) is 15.3. The summed E-state index contributed by atoms with van der Waals surface area (Å²) in [4.78, 5) is 28.9. The van der Waals surface area contributed by atoms with E-state index in [1.165, 1.54) is 12.3 Å². The van der Waals surface area contributed by atoms with Crippen LogP contribution in [0.4, 0.5) is 5.69 Å². The van der Waals surface area contributed by atoms with Gasteiger partial charge in [0.15, 0.2) is 0 Å². The summed E-state index contributed by atoms with van der Waals surface area (Å²) >= 11 is 0. The standard InChI is InChI=1S/C22H21N3O2/c1-15-10-16(2)12-19(11-15)25-21(26)18-8-9-23-20(13-18)22(27)24-14-17-6-4-3-5-7-17/h3-13H,14H2,1-2H3,(H,24,27)(H,25,26). The van der Waals surface area contributed by atoms with Crippen molar-refractivity contribution in [3.63, 3.8) is 0 Å². The predicted octanol–water partition coefficient (Wildman–Crippen LogP) is 3.88.